The van der Waals surface area contributed by atoms with E-state index in [0.717, 1.165) is 11.3 Å². The number of aryl methyl sites for hydroxylation is 1. The number of sulfone groups is 1. The fourth-order valence-electron chi connectivity index (χ4n) is 1.79. The van der Waals surface area contributed by atoms with Gasteiger partial charge in [0.15, 0.2) is 9.84 Å². The molecule has 1 N–H and O–H groups in total. The van der Waals surface area contributed by atoms with Crippen LogP contribution in [0, 0.1) is 0 Å². The van der Waals surface area contributed by atoms with E-state index in [2.05, 4.69) is 6.92 Å². The van der Waals surface area contributed by atoms with Gasteiger partial charge < -0.3 is 5.11 Å². The number of benzene rings is 1. The van der Waals surface area contributed by atoms with Crippen molar-refractivity contribution in [1.29, 1.82) is 0 Å². The Hall–Kier alpha value is -1.17. The van der Waals surface area contributed by atoms with E-state index in [-0.39, 0.29) is 4.90 Å². The third kappa shape index (κ3) is 3.23. The highest BCUT2D eigenvalue weighted by atomic mass is 32.2. The zero-order valence-electron chi connectivity index (χ0n) is 10.8. The maximum Gasteiger partial charge on any atom is 0.175 e. The van der Waals surface area contributed by atoms with Gasteiger partial charge in [0.25, 0.3) is 0 Å². The molecule has 0 aliphatic rings. The zero-order valence-corrected chi connectivity index (χ0v) is 12.5. The van der Waals surface area contributed by atoms with Crippen molar-refractivity contribution < 1.29 is 13.5 Å². The molecule has 0 saturated heterocycles. The third-order valence-corrected chi connectivity index (χ3v) is 5.33. The van der Waals surface area contributed by atoms with Gasteiger partial charge >= 0.3 is 0 Å². The smallest absolute Gasteiger partial charge is 0.175 e. The summed E-state index contributed by atoms with van der Waals surface area (Å²) in [4.78, 5) is 2.37. The van der Waals surface area contributed by atoms with Gasteiger partial charge in [-0.3, -0.25) is 0 Å². The van der Waals surface area contributed by atoms with Gasteiger partial charge in [-0.2, -0.15) is 0 Å². The van der Waals surface area contributed by atoms with Crippen molar-refractivity contribution in [2.24, 2.45) is 0 Å². The van der Waals surface area contributed by atoms with Crippen LogP contribution in [0.3, 0.4) is 0 Å². The molecule has 102 valence electrons. The Balaban J connectivity index is 2.27. The predicted molar refractivity (Wildman–Crippen MR) is 77.3 cm³/mol. The minimum Gasteiger partial charge on any atom is -0.383 e. The fourth-order valence-corrected chi connectivity index (χ4v) is 3.39. The molecule has 0 aliphatic carbocycles. The van der Waals surface area contributed by atoms with Crippen molar-refractivity contribution in [3.05, 3.63) is 51.7 Å². The van der Waals surface area contributed by atoms with Gasteiger partial charge in [0, 0.05) is 16.0 Å². The molecule has 0 fully saturated rings. The normalized spacial score (nSPS) is 13.4. The van der Waals surface area contributed by atoms with Crippen molar-refractivity contribution in [3.63, 3.8) is 0 Å². The van der Waals surface area contributed by atoms with Crippen molar-refractivity contribution >= 4 is 21.2 Å². The number of aliphatic hydroxyl groups excluding tert-OH is 1. The number of hydrogen-bond acceptors (Lipinski definition) is 4. The average molecular weight is 296 g/mol. The molecule has 2 aromatic rings. The Bertz CT molecular complexity index is 654. The van der Waals surface area contributed by atoms with Crippen LogP contribution in [-0.4, -0.2) is 19.8 Å². The second kappa shape index (κ2) is 5.45. The van der Waals surface area contributed by atoms with Gasteiger partial charge in [0.05, 0.1) is 4.90 Å². The summed E-state index contributed by atoms with van der Waals surface area (Å²) < 4.78 is 22.7. The Morgan fingerprint density at radius 3 is 2.26 bits per heavy atom. The molecule has 19 heavy (non-hydrogen) atoms. The molecule has 1 heterocycles. The van der Waals surface area contributed by atoms with Gasteiger partial charge in [-0.15, -0.1) is 11.3 Å². The number of aliphatic hydroxyl groups is 1. The molecule has 0 amide bonds. The summed E-state index contributed by atoms with van der Waals surface area (Å²) in [5.74, 6) is 0. The van der Waals surface area contributed by atoms with Gasteiger partial charge in [-0.1, -0.05) is 19.1 Å². The summed E-state index contributed by atoms with van der Waals surface area (Å²) >= 11 is 1.58. The van der Waals surface area contributed by atoms with E-state index in [1.165, 1.54) is 23.3 Å². The first kappa shape index (κ1) is 14.2. The highest BCUT2D eigenvalue weighted by Crippen LogP contribution is 2.29. The van der Waals surface area contributed by atoms with E-state index in [9.17, 15) is 13.5 Å². The molecular formula is C14H16O3S2. The number of hydrogen-bond donors (Lipinski definition) is 1. The van der Waals surface area contributed by atoms with Crippen LogP contribution in [-0.2, 0) is 16.3 Å². The summed E-state index contributed by atoms with van der Waals surface area (Å²) in [7, 11) is -3.19. The van der Waals surface area contributed by atoms with Crippen LogP contribution in [0.25, 0.3) is 0 Å². The van der Waals surface area contributed by atoms with Gasteiger partial charge in [0.2, 0.25) is 0 Å². The Kier molecular flexibility index (Phi) is 4.08. The first-order chi connectivity index (χ1) is 8.91. The molecule has 1 aromatic heterocycles. The first-order valence-electron chi connectivity index (χ1n) is 5.98. The van der Waals surface area contributed by atoms with Crippen LogP contribution in [0.1, 0.15) is 28.3 Å². The molecule has 1 aromatic carbocycles. The van der Waals surface area contributed by atoms with Crippen LogP contribution in [0.2, 0.25) is 0 Å². The highest BCUT2D eigenvalue weighted by molar-refractivity contribution is 7.90. The number of thiophene rings is 1. The molecule has 1 atom stereocenters. The molecule has 5 heteroatoms. The topological polar surface area (TPSA) is 54.4 Å². The summed E-state index contributed by atoms with van der Waals surface area (Å²) in [6.07, 6.45) is 1.43. The summed E-state index contributed by atoms with van der Waals surface area (Å²) in [6, 6.07) is 10.3. The first-order valence-corrected chi connectivity index (χ1v) is 8.69. The minimum absolute atomic E-state index is 0.267. The van der Waals surface area contributed by atoms with E-state index < -0.39 is 15.9 Å². The molecule has 0 radical (unpaired) electrons. The lowest BCUT2D eigenvalue weighted by Gasteiger charge is -2.09. The Morgan fingerprint density at radius 2 is 1.79 bits per heavy atom. The lowest BCUT2D eigenvalue weighted by molar-refractivity contribution is 0.224. The Labute approximate surface area is 117 Å². The van der Waals surface area contributed by atoms with E-state index in [4.69, 9.17) is 0 Å². The largest absolute Gasteiger partial charge is 0.383 e. The van der Waals surface area contributed by atoms with Crippen LogP contribution < -0.4 is 0 Å². The molecule has 1 unspecified atom stereocenters. The summed E-state index contributed by atoms with van der Waals surface area (Å²) in [5.41, 5.74) is 0.705. The second-order valence-electron chi connectivity index (χ2n) is 4.40. The van der Waals surface area contributed by atoms with Crippen LogP contribution in [0.5, 0.6) is 0 Å². The van der Waals surface area contributed by atoms with Crippen LogP contribution in [0.4, 0.5) is 0 Å². The maximum absolute atomic E-state index is 11.4. The molecule has 0 aliphatic heterocycles. The molecule has 0 bridgehead atoms. The average Bonchev–Trinajstić information content (AvgIpc) is 2.86. The minimum atomic E-state index is -3.19. The summed E-state index contributed by atoms with van der Waals surface area (Å²) in [5, 5.41) is 10.3. The predicted octanol–water partition coefficient (Wildman–Crippen LogP) is 2.80. The molecule has 0 spiro atoms. The molecule has 0 saturated carbocycles. The fraction of sp³-hybridized carbons (Fsp3) is 0.286. The third-order valence-electron chi connectivity index (χ3n) is 2.92. The SMILES string of the molecule is CCc1ccc(C(O)c2ccc(S(C)(=O)=O)cc2)s1. The second-order valence-corrected chi connectivity index (χ2v) is 7.62. The molecule has 2 rings (SSSR count). The highest BCUT2D eigenvalue weighted by Gasteiger charge is 2.14. The van der Waals surface area contributed by atoms with Gasteiger partial charge in [-0.25, -0.2) is 8.42 Å². The van der Waals surface area contributed by atoms with Gasteiger partial charge in [0.1, 0.15) is 6.10 Å². The van der Waals surface area contributed by atoms with E-state index in [0.29, 0.717) is 5.56 Å². The monoisotopic (exact) mass is 296 g/mol. The maximum atomic E-state index is 11.4. The van der Waals surface area contributed by atoms with Crippen molar-refractivity contribution in [3.8, 4) is 0 Å². The lowest BCUT2D eigenvalue weighted by atomic mass is 10.1. The van der Waals surface area contributed by atoms with Crippen molar-refractivity contribution in [2.45, 2.75) is 24.3 Å². The standard InChI is InChI=1S/C14H16O3S2/c1-3-11-6-9-13(18-11)14(15)10-4-7-12(8-5-10)19(2,16)17/h4-9,14-15H,3H2,1-2H3. The quantitative estimate of drug-likeness (QED) is 0.944. The van der Waals surface area contributed by atoms with E-state index in [1.54, 1.807) is 23.5 Å². The number of rotatable bonds is 4. The van der Waals surface area contributed by atoms with Gasteiger partial charge in [-0.05, 0) is 36.2 Å². The zero-order chi connectivity index (χ0) is 14.0. The molecule has 3 nitrogen and oxygen atoms in total. The van der Waals surface area contributed by atoms with E-state index in [1.807, 2.05) is 12.1 Å². The lowest BCUT2D eigenvalue weighted by Crippen LogP contribution is -2.00. The summed E-state index contributed by atoms with van der Waals surface area (Å²) in [6.45, 7) is 2.07. The van der Waals surface area contributed by atoms with E-state index >= 15 is 0 Å². The van der Waals surface area contributed by atoms with Crippen LogP contribution in [0.15, 0.2) is 41.3 Å². The Morgan fingerprint density at radius 1 is 1.16 bits per heavy atom. The van der Waals surface area contributed by atoms with Crippen molar-refractivity contribution in [1.82, 2.24) is 0 Å². The molecular weight excluding hydrogens is 280 g/mol. The van der Waals surface area contributed by atoms with Crippen molar-refractivity contribution in [2.75, 3.05) is 6.26 Å². The van der Waals surface area contributed by atoms with Crippen LogP contribution >= 0.6 is 11.3 Å².